The quantitative estimate of drug-likeness (QED) is 0.508. The highest BCUT2D eigenvalue weighted by atomic mass is 35.5. The molecule has 0 radical (unpaired) electrons. The number of benzene rings is 3. The van der Waals surface area contributed by atoms with Gasteiger partial charge in [0.05, 0.1) is 10.9 Å². The second-order valence-electron chi connectivity index (χ2n) is 6.83. The van der Waals surface area contributed by atoms with Gasteiger partial charge in [-0.1, -0.05) is 35.9 Å². The predicted molar refractivity (Wildman–Crippen MR) is 124 cm³/mol. The summed E-state index contributed by atoms with van der Waals surface area (Å²) < 4.78 is 0. The molecule has 6 nitrogen and oxygen atoms in total. The molecule has 4 amide bonds. The van der Waals surface area contributed by atoms with Gasteiger partial charge in [0.25, 0.3) is 0 Å². The average Bonchev–Trinajstić information content (AvgIpc) is 3.03. The maximum Gasteiger partial charge on any atom is 0.323 e. The Balaban J connectivity index is 1.37. The summed E-state index contributed by atoms with van der Waals surface area (Å²) in [6, 6.07) is 22.6. The minimum Gasteiger partial charge on any atom is -0.308 e. The van der Waals surface area contributed by atoms with Crippen molar-refractivity contribution in [1.82, 2.24) is 0 Å². The van der Waals surface area contributed by atoms with Gasteiger partial charge in [0.2, 0.25) is 11.8 Å². The van der Waals surface area contributed by atoms with E-state index in [2.05, 4.69) is 10.6 Å². The number of nitrogens with one attached hydrogen (secondary N) is 2. The van der Waals surface area contributed by atoms with Gasteiger partial charge in [-0.3, -0.25) is 9.59 Å². The number of nitrogens with zero attached hydrogens (tertiary/aromatic N) is 1. The number of carbonyl (C=O) groups excluding carboxylic acids is 3. The Bertz CT molecular complexity index is 1120. The molecule has 0 aliphatic carbocycles. The molecule has 156 valence electrons. The third-order valence-electron chi connectivity index (χ3n) is 4.59. The summed E-state index contributed by atoms with van der Waals surface area (Å²) in [6.07, 6.45) is 0.121. The number of thioether (sulfide) groups is 1. The number of hydrogen-bond donors (Lipinski definition) is 2. The summed E-state index contributed by atoms with van der Waals surface area (Å²) in [5, 5.41) is 5.46. The maximum absolute atomic E-state index is 12.8. The highest BCUT2D eigenvalue weighted by Crippen LogP contribution is 2.35. The zero-order valence-electron chi connectivity index (χ0n) is 16.2. The minimum atomic E-state index is -0.508. The van der Waals surface area contributed by atoms with E-state index < -0.39 is 5.25 Å². The molecule has 31 heavy (non-hydrogen) atoms. The molecule has 1 atom stereocenters. The van der Waals surface area contributed by atoms with E-state index in [-0.39, 0.29) is 24.3 Å². The number of carbonyl (C=O) groups is 3. The van der Waals surface area contributed by atoms with Gasteiger partial charge in [-0.25, -0.2) is 9.69 Å². The molecule has 1 saturated heterocycles. The standard InChI is InChI=1S/C23H18ClN3O3S/c24-15-5-4-8-18(13-15)27-21(28)14-20(22(27)29)31-19-11-9-17(10-12-19)26-23(30)25-16-6-2-1-3-7-16/h1-13,20H,14H2,(H2,25,26,30)/t20-/m0/s1. The van der Waals surface area contributed by atoms with Crippen LogP contribution in [0.15, 0.2) is 83.8 Å². The fourth-order valence-corrected chi connectivity index (χ4v) is 4.42. The predicted octanol–water partition coefficient (Wildman–Crippen LogP) is 5.41. The Hall–Kier alpha value is -3.29. The van der Waals surface area contributed by atoms with Crippen LogP contribution in [0.1, 0.15) is 6.42 Å². The number of amides is 4. The van der Waals surface area contributed by atoms with E-state index in [0.717, 1.165) is 4.90 Å². The van der Waals surface area contributed by atoms with Gasteiger partial charge < -0.3 is 10.6 Å². The van der Waals surface area contributed by atoms with Crippen LogP contribution in [0, 0.1) is 0 Å². The Morgan fingerprint density at radius 1 is 0.903 bits per heavy atom. The first-order chi connectivity index (χ1) is 15.0. The van der Waals surface area contributed by atoms with Gasteiger partial charge in [0.1, 0.15) is 0 Å². The zero-order chi connectivity index (χ0) is 21.8. The smallest absolute Gasteiger partial charge is 0.308 e. The molecule has 0 spiro atoms. The van der Waals surface area contributed by atoms with Gasteiger partial charge >= 0.3 is 6.03 Å². The lowest BCUT2D eigenvalue weighted by Crippen LogP contribution is -2.31. The van der Waals surface area contributed by atoms with Crippen molar-refractivity contribution >= 4 is 58.3 Å². The van der Waals surface area contributed by atoms with Crippen LogP contribution in [-0.2, 0) is 9.59 Å². The van der Waals surface area contributed by atoms with Crippen molar-refractivity contribution in [3.05, 3.63) is 83.9 Å². The molecule has 2 N–H and O–H groups in total. The van der Waals surface area contributed by atoms with Crippen LogP contribution in [0.4, 0.5) is 21.9 Å². The Kier molecular flexibility index (Phi) is 6.25. The van der Waals surface area contributed by atoms with Crippen LogP contribution >= 0.6 is 23.4 Å². The van der Waals surface area contributed by atoms with E-state index in [1.165, 1.54) is 16.7 Å². The second-order valence-corrected chi connectivity index (χ2v) is 8.54. The van der Waals surface area contributed by atoms with Gasteiger partial charge in [-0.15, -0.1) is 11.8 Å². The van der Waals surface area contributed by atoms with Crippen molar-refractivity contribution < 1.29 is 14.4 Å². The second kappa shape index (κ2) is 9.24. The first-order valence-corrected chi connectivity index (χ1v) is 10.8. The lowest BCUT2D eigenvalue weighted by Gasteiger charge is -2.15. The Labute approximate surface area is 188 Å². The Morgan fingerprint density at radius 3 is 2.26 bits per heavy atom. The summed E-state index contributed by atoms with van der Waals surface area (Å²) in [4.78, 5) is 39.3. The van der Waals surface area contributed by atoms with Gasteiger partial charge in [-0.05, 0) is 54.6 Å². The molecule has 1 fully saturated rings. The molecular weight excluding hydrogens is 434 g/mol. The van der Waals surface area contributed by atoms with Crippen molar-refractivity contribution in [1.29, 1.82) is 0 Å². The van der Waals surface area contributed by atoms with E-state index >= 15 is 0 Å². The molecule has 3 aromatic rings. The van der Waals surface area contributed by atoms with E-state index in [0.29, 0.717) is 22.1 Å². The lowest BCUT2D eigenvalue weighted by atomic mass is 10.3. The highest BCUT2D eigenvalue weighted by Gasteiger charge is 2.40. The topological polar surface area (TPSA) is 78.5 Å². The monoisotopic (exact) mass is 451 g/mol. The van der Waals surface area contributed by atoms with Crippen molar-refractivity contribution in [3.63, 3.8) is 0 Å². The summed E-state index contributed by atoms with van der Waals surface area (Å²) in [7, 11) is 0. The van der Waals surface area contributed by atoms with E-state index in [4.69, 9.17) is 11.6 Å². The number of hydrogen-bond acceptors (Lipinski definition) is 4. The SMILES string of the molecule is O=C(Nc1ccccc1)Nc1ccc(S[C@H]2CC(=O)N(c3cccc(Cl)c3)C2=O)cc1. The fourth-order valence-electron chi connectivity index (χ4n) is 3.18. The molecule has 1 heterocycles. The molecule has 8 heteroatoms. The lowest BCUT2D eigenvalue weighted by molar-refractivity contribution is -0.121. The van der Waals surface area contributed by atoms with Crippen molar-refractivity contribution in [3.8, 4) is 0 Å². The third-order valence-corrected chi connectivity index (χ3v) is 6.03. The number of halogens is 1. The zero-order valence-corrected chi connectivity index (χ0v) is 17.8. The van der Waals surface area contributed by atoms with Crippen LogP contribution < -0.4 is 15.5 Å². The molecule has 0 saturated carbocycles. The summed E-state index contributed by atoms with van der Waals surface area (Å²) in [6.45, 7) is 0. The summed E-state index contributed by atoms with van der Waals surface area (Å²) in [5.41, 5.74) is 1.79. The van der Waals surface area contributed by atoms with Crippen LogP contribution in [0.25, 0.3) is 0 Å². The van der Waals surface area contributed by atoms with Gasteiger partial charge in [-0.2, -0.15) is 0 Å². The largest absolute Gasteiger partial charge is 0.323 e. The summed E-state index contributed by atoms with van der Waals surface area (Å²) in [5.74, 6) is -0.512. The normalized spacial score (nSPS) is 15.8. The molecule has 0 unspecified atom stereocenters. The minimum absolute atomic E-state index is 0.121. The fraction of sp³-hybridized carbons (Fsp3) is 0.0870. The number of rotatable bonds is 5. The number of para-hydroxylation sites is 1. The van der Waals surface area contributed by atoms with Crippen molar-refractivity contribution in [2.24, 2.45) is 0 Å². The van der Waals surface area contributed by atoms with E-state index in [1.807, 2.05) is 30.3 Å². The molecular formula is C23H18ClN3O3S. The molecule has 0 aromatic heterocycles. The molecule has 3 aromatic carbocycles. The van der Waals surface area contributed by atoms with Crippen molar-refractivity contribution in [2.75, 3.05) is 15.5 Å². The molecule has 1 aliphatic heterocycles. The Morgan fingerprint density at radius 2 is 1.58 bits per heavy atom. The average molecular weight is 452 g/mol. The van der Waals surface area contributed by atoms with Crippen LogP contribution in [0.2, 0.25) is 5.02 Å². The number of urea groups is 1. The van der Waals surface area contributed by atoms with E-state index in [9.17, 15) is 14.4 Å². The third kappa shape index (κ3) is 5.07. The summed E-state index contributed by atoms with van der Waals surface area (Å²) >= 11 is 7.31. The van der Waals surface area contributed by atoms with E-state index in [1.54, 1.807) is 48.5 Å². The van der Waals surface area contributed by atoms with Gasteiger partial charge in [0.15, 0.2) is 0 Å². The molecule has 0 bridgehead atoms. The van der Waals surface area contributed by atoms with Crippen LogP contribution in [-0.4, -0.2) is 23.1 Å². The van der Waals surface area contributed by atoms with Crippen LogP contribution in [0.5, 0.6) is 0 Å². The maximum atomic E-state index is 12.8. The highest BCUT2D eigenvalue weighted by molar-refractivity contribution is 8.00. The number of imide groups is 1. The van der Waals surface area contributed by atoms with Crippen molar-refractivity contribution in [2.45, 2.75) is 16.6 Å². The van der Waals surface area contributed by atoms with Crippen LogP contribution in [0.3, 0.4) is 0 Å². The molecule has 4 rings (SSSR count). The first-order valence-electron chi connectivity index (χ1n) is 9.52. The first kappa shape index (κ1) is 21.0. The van der Waals surface area contributed by atoms with Gasteiger partial charge in [0, 0.05) is 27.7 Å². The molecule has 1 aliphatic rings. The number of anilines is 3.